The van der Waals surface area contributed by atoms with E-state index in [-0.39, 0.29) is 6.10 Å². The average Bonchev–Trinajstić information content (AvgIpc) is 2.58. The molecule has 0 N–H and O–H groups in total. The van der Waals surface area contributed by atoms with Gasteiger partial charge in [0.25, 0.3) is 0 Å². The second-order valence-electron chi connectivity index (χ2n) is 2.13. The van der Waals surface area contributed by atoms with Crippen LogP contribution in [-0.4, -0.2) is 11.6 Å². The van der Waals surface area contributed by atoms with E-state index in [1.807, 2.05) is 6.92 Å². The Bertz CT molecular complexity index is 215. The summed E-state index contributed by atoms with van der Waals surface area (Å²) in [6.45, 7) is 2.64. The van der Waals surface area contributed by atoms with Crippen LogP contribution in [0.25, 0.3) is 0 Å². The Morgan fingerprint density at radius 1 is 1.78 bits per heavy atom. The summed E-state index contributed by atoms with van der Waals surface area (Å²) in [5.41, 5.74) is 0. The van der Waals surface area contributed by atoms with E-state index in [0.717, 1.165) is 12.4 Å². The molecule has 2 heterocycles. The molecule has 3 nitrogen and oxygen atoms in total. The first kappa shape index (κ1) is 4.99. The number of nitrogens with zero attached hydrogens (tertiary/aromatic N) is 1. The molecule has 1 saturated heterocycles. The molecule has 0 spiro atoms. The Morgan fingerprint density at radius 3 is 3.00 bits per heavy atom. The number of rotatable bonds is 1. The van der Waals surface area contributed by atoms with Gasteiger partial charge in [-0.2, -0.15) is 0 Å². The first-order chi connectivity index (χ1) is 4.36. The molecule has 3 heteroatoms. The van der Waals surface area contributed by atoms with Gasteiger partial charge in [-0.15, -0.1) is 0 Å². The smallest absolute Gasteiger partial charge is 0.225 e. The molecule has 1 fully saturated rings. The van der Waals surface area contributed by atoms with Gasteiger partial charge in [0.05, 0.1) is 12.8 Å². The fraction of sp³-hybridized carbons (Fsp3) is 0.500. The van der Waals surface area contributed by atoms with Gasteiger partial charge in [0.15, 0.2) is 6.10 Å². The third-order valence-corrected chi connectivity index (χ3v) is 1.25. The fourth-order valence-corrected chi connectivity index (χ4v) is 0.712. The van der Waals surface area contributed by atoms with Crippen molar-refractivity contribution in [1.82, 2.24) is 4.98 Å². The number of aryl methyl sites for hydroxylation is 1. The van der Waals surface area contributed by atoms with Crippen LogP contribution in [0, 0.1) is 6.92 Å². The molecule has 0 bridgehead atoms. The first-order valence-electron chi connectivity index (χ1n) is 2.90. The van der Waals surface area contributed by atoms with Crippen molar-refractivity contribution < 1.29 is 9.15 Å². The number of oxazole rings is 1. The number of aromatic nitrogens is 1. The fourth-order valence-electron chi connectivity index (χ4n) is 0.712. The molecule has 2 rings (SSSR count). The summed E-state index contributed by atoms with van der Waals surface area (Å²) < 4.78 is 10.1. The molecular formula is C6H7NO2. The zero-order chi connectivity index (χ0) is 6.27. The van der Waals surface area contributed by atoms with Gasteiger partial charge in [0.2, 0.25) is 5.89 Å². The van der Waals surface area contributed by atoms with Crippen molar-refractivity contribution in [1.29, 1.82) is 0 Å². The Kier molecular flexibility index (Phi) is 0.873. The van der Waals surface area contributed by atoms with Crippen molar-refractivity contribution in [2.24, 2.45) is 0 Å². The minimum atomic E-state index is 0.152. The molecule has 1 atom stereocenters. The van der Waals surface area contributed by atoms with Gasteiger partial charge in [-0.25, -0.2) is 4.98 Å². The van der Waals surface area contributed by atoms with Gasteiger partial charge < -0.3 is 9.15 Å². The lowest BCUT2D eigenvalue weighted by molar-refractivity contribution is 0.356. The predicted octanol–water partition coefficient (Wildman–Crippen LogP) is 1.05. The summed E-state index contributed by atoms with van der Waals surface area (Å²) in [5, 5.41) is 0. The highest BCUT2D eigenvalue weighted by Gasteiger charge is 2.29. The molecule has 0 aliphatic carbocycles. The van der Waals surface area contributed by atoms with Gasteiger partial charge in [-0.3, -0.25) is 0 Å². The van der Waals surface area contributed by atoms with Crippen LogP contribution in [0.1, 0.15) is 17.8 Å². The van der Waals surface area contributed by atoms with E-state index in [2.05, 4.69) is 4.98 Å². The normalized spacial score (nSPS) is 24.3. The topological polar surface area (TPSA) is 38.6 Å². The van der Waals surface area contributed by atoms with Crippen LogP contribution in [0.5, 0.6) is 0 Å². The minimum Gasteiger partial charge on any atom is -0.443 e. The van der Waals surface area contributed by atoms with Crippen molar-refractivity contribution in [2.75, 3.05) is 6.61 Å². The second-order valence-corrected chi connectivity index (χ2v) is 2.13. The molecule has 0 aromatic carbocycles. The van der Waals surface area contributed by atoms with Crippen LogP contribution in [0.15, 0.2) is 10.6 Å². The molecule has 1 aliphatic rings. The maximum atomic E-state index is 5.17. The Morgan fingerprint density at radius 2 is 2.56 bits per heavy atom. The van der Waals surface area contributed by atoms with Crippen LogP contribution in [0.3, 0.4) is 0 Å². The van der Waals surface area contributed by atoms with E-state index >= 15 is 0 Å². The molecule has 0 saturated carbocycles. The summed E-state index contributed by atoms with van der Waals surface area (Å²) in [5.74, 6) is 1.56. The number of epoxide rings is 1. The highest BCUT2D eigenvalue weighted by molar-refractivity contribution is 4.97. The van der Waals surface area contributed by atoms with Crippen LogP contribution >= 0.6 is 0 Å². The number of hydrogen-bond acceptors (Lipinski definition) is 3. The third kappa shape index (κ3) is 0.833. The largest absolute Gasteiger partial charge is 0.443 e. The maximum absolute atomic E-state index is 5.17. The lowest BCUT2D eigenvalue weighted by Crippen LogP contribution is -1.75. The van der Waals surface area contributed by atoms with Crippen molar-refractivity contribution in [3.05, 3.63) is 17.8 Å². The van der Waals surface area contributed by atoms with E-state index < -0.39 is 0 Å². The lowest BCUT2D eigenvalue weighted by atomic mass is 10.5. The van der Waals surface area contributed by atoms with Gasteiger partial charge >= 0.3 is 0 Å². The maximum Gasteiger partial charge on any atom is 0.225 e. The monoisotopic (exact) mass is 125 g/mol. The van der Waals surface area contributed by atoms with Crippen LogP contribution < -0.4 is 0 Å². The van der Waals surface area contributed by atoms with E-state index in [1.165, 1.54) is 0 Å². The van der Waals surface area contributed by atoms with E-state index in [0.29, 0.717) is 5.89 Å². The summed E-state index contributed by atoms with van der Waals surface area (Å²) in [6.07, 6.45) is 1.86. The molecule has 1 aromatic rings. The molecular weight excluding hydrogens is 118 g/mol. The molecule has 1 aliphatic heterocycles. The van der Waals surface area contributed by atoms with Gasteiger partial charge in [0, 0.05) is 0 Å². The van der Waals surface area contributed by atoms with Gasteiger partial charge in [-0.1, -0.05) is 0 Å². The average molecular weight is 125 g/mol. The van der Waals surface area contributed by atoms with Crippen molar-refractivity contribution in [3.63, 3.8) is 0 Å². The van der Waals surface area contributed by atoms with E-state index in [1.54, 1.807) is 6.20 Å². The second kappa shape index (κ2) is 1.57. The van der Waals surface area contributed by atoms with Gasteiger partial charge in [-0.05, 0) is 6.92 Å². The molecule has 48 valence electrons. The zero-order valence-corrected chi connectivity index (χ0v) is 5.13. The summed E-state index contributed by atoms with van der Waals surface area (Å²) >= 11 is 0. The Labute approximate surface area is 52.6 Å². The summed E-state index contributed by atoms with van der Waals surface area (Å²) in [7, 11) is 0. The van der Waals surface area contributed by atoms with Gasteiger partial charge in [0.1, 0.15) is 5.76 Å². The predicted molar refractivity (Wildman–Crippen MR) is 29.9 cm³/mol. The third-order valence-electron chi connectivity index (χ3n) is 1.25. The quantitative estimate of drug-likeness (QED) is 0.526. The highest BCUT2D eigenvalue weighted by atomic mass is 16.6. The minimum absolute atomic E-state index is 0.152. The summed E-state index contributed by atoms with van der Waals surface area (Å²) in [6, 6.07) is 0. The summed E-state index contributed by atoms with van der Waals surface area (Å²) in [4.78, 5) is 3.99. The van der Waals surface area contributed by atoms with Crippen molar-refractivity contribution >= 4 is 0 Å². The van der Waals surface area contributed by atoms with Crippen LogP contribution in [0.2, 0.25) is 0 Å². The highest BCUT2D eigenvalue weighted by Crippen LogP contribution is 2.28. The van der Waals surface area contributed by atoms with Crippen molar-refractivity contribution in [2.45, 2.75) is 13.0 Å². The lowest BCUT2D eigenvalue weighted by Gasteiger charge is -1.80. The first-order valence-corrected chi connectivity index (χ1v) is 2.90. The molecule has 1 aromatic heterocycles. The van der Waals surface area contributed by atoms with Crippen LogP contribution in [0.4, 0.5) is 0 Å². The molecule has 0 amide bonds. The molecule has 0 radical (unpaired) electrons. The number of hydrogen-bond donors (Lipinski definition) is 0. The van der Waals surface area contributed by atoms with E-state index in [9.17, 15) is 0 Å². The molecule has 1 unspecified atom stereocenters. The Balaban J connectivity index is 2.28. The van der Waals surface area contributed by atoms with Crippen molar-refractivity contribution in [3.8, 4) is 0 Å². The number of ether oxygens (including phenoxy) is 1. The Hall–Kier alpha value is -0.830. The zero-order valence-electron chi connectivity index (χ0n) is 5.13. The SMILES string of the molecule is Cc1cnc(C2CO2)o1. The standard InChI is InChI=1S/C6H7NO2/c1-4-2-7-6(9-4)5-3-8-5/h2,5H,3H2,1H3. The molecule has 9 heavy (non-hydrogen) atoms. The van der Waals surface area contributed by atoms with Crippen LogP contribution in [-0.2, 0) is 4.74 Å². The van der Waals surface area contributed by atoms with E-state index in [4.69, 9.17) is 9.15 Å².